The normalized spacial score (nSPS) is 30.6. The molecule has 666 valence electrons. The summed E-state index contributed by atoms with van der Waals surface area (Å²) in [6.07, 6.45) is -15.1. The Kier molecular flexibility index (Phi) is 26.7. The van der Waals surface area contributed by atoms with Gasteiger partial charge in [-0.25, -0.2) is 13.1 Å². The number of aromatic hydroxyl groups is 3. The Balaban J connectivity index is 0.971. The molecule has 40 heteroatoms. The number of rotatable bonds is 19. The number of carbonyl (C=O) groups is 8. The molecule has 0 aromatic heterocycles. The van der Waals surface area contributed by atoms with E-state index in [2.05, 4.69) is 42.5 Å². The molecule has 6 fully saturated rings. The number of hydrogen-bond donors (Lipinski definition) is 20. The van der Waals surface area contributed by atoms with Crippen LogP contribution in [0, 0.1) is 29.6 Å². The molecule has 7 aliphatic heterocycles. The Morgan fingerprint density at radius 2 is 1.28 bits per heavy atom. The lowest BCUT2D eigenvalue weighted by Crippen LogP contribution is -2.64. The fourth-order valence-electron chi connectivity index (χ4n) is 18.0. The van der Waals surface area contributed by atoms with Gasteiger partial charge < -0.3 is 132 Å². The van der Waals surface area contributed by atoms with E-state index in [-0.39, 0.29) is 76.5 Å². The number of benzene rings is 6. The maximum Gasteiger partial charge on any atom is 0.264 e. The number of nitrogens with one attached hydrogen (secondary N) is 9. The molecule has 21 N–H and O–H groups in total. The maximum absolute atomic E-state index is 16.6. The first kappa shape index (κ1) is 90.0. The zero-order valence-electron chi connectivity index (χ0n) is 67.5. The van der Waals surface area contributed by atoms with Crippen LogP contribution in [-0.2, 0) is 62.6 Å². The van der Waals surface area contributed by atoms with Crippen molar-refractivity contribution in [3.8, 4) is 62.9 Å². The molecule has 6 aromatic rings. The number of sulfonamides is 1. The summed E-state index contributed by atoms with van der Waals surface area (Å²) in [6, 6.07) is 3.48. The van der Waals surface area contributed by atoms with Crippen LogP contribution in [0.3, 0.4) is 0 Å². The van der Waals surface area contributed by atoms with Gasteiger partial charge in [-0.2, -0.15) is 0 Å². The van der Waals surface area contributed by atoms with Crippen LogP contribution < -0.4 is 71.9 Å². The lowest BCUT2D eigenvalue weighted by Gasteiger charge is -2.54. The first-order valence-corrected chi connectivity index (χ1v) is 42.8. The van der Waals surface area contributed by atoms with Crippen molar-refractivity contribution in [3.63, 3.8) is 0 Å². The Morgan fingerprint density at radius 3 is 1.89 bits per heavy atom. The van der Waals surface area contributed by atoms with E-state index in [1.807, 2.05) is 4.72 Å². The molecule has 0 radical (unpaired) electrons. The number of phenolic OH excluding ortho intramolecular Hbond substituents is 3. The van der Waals surface area contributed by atoms with Crippen molar-refractivity contribution in [2.75, 3.05) is 26.9 Å². The molecule has 2 saturated heterocycles. The number of ether oxygens (including phenoxy) is 7. The molecule has 11 aliphatic rings. The lowest BCUT2D eigenvalue weighted by molar-refractivity contribution is -0.333. The van der Waals surface area contributed by atoms with Crippen LogP contribution in [0.15, 0.2) is 108 Å². The van der Waals surface area contributed by atoms with Crippen LogP contribution >= 0.6 is 23.2 Å². The van der Waals surface area contributed by atoms with E-state index in [1.54, 1.807) is 13.8 Å². The van der Waals surface area contributed by atoms with Crippen molar-refractivity contribution in [2.45, 2.75) is 199 Å². The Bertz CT molecular complexity index is 5200. The number of likely N-dealkylation sites (N-methyl/N-ethyl adjacent to an activating group) is 1. The number of phenols is 3. The second kappa shape index (κ2) is 36.7. The summed E-state index contributed by atoms with van der Waals surface area (Å²) >= 11 is 14.5. The molecular weight excluding hydrogens is 1680 g/mol. The van der Waals surface area contributed by atoms with Crippen molar-refractivity contribution in [3.05, 3.63) is 141 Å². The van der Waals surface area contributed by atoms with Crippen molar-refractivity contribution >= 4 is 80.5 Å². The van der Waals surface area contributed by atoms with Crippen molar-refractivity contribution in [1.29, 1.82) is 0 Å². The van der Waals surface area contributed by atoms with Gasteiger partial charge in [-0.3, -0.25) is 38.4 Å². The molecule has 0 spiro atoms. The highest BCUT2D eigenvalue weighted by molar-refractivity contribution is 7.90. The number of nitrogens with two attached hydrogens (primary N) is 1. The summed E-state index contributed by atoms with van der Waals surface area (Å²) in [4.78, 5) is 124. The predicted molar refractivity (Wildman–Crippen MR) is 436 cm³/mol. The van der Waals surface area contributed by atoms with Gasteiger partial charge in [0.25, 0.3) is 10.0 Å². The highest BCUT2D eigenvalue weighted by Gasteiger charge is 2.53. The molecule has 15 bridgehead atoms. The van der Waals surface area contributed by atoms with E-state index < -0.39 is 259 Å². The fraction of sp³-hybridized carbons (Fsp3) is 0.476. The quantitative estimate of drug-likeness (QED) is 0.0553. The van der Waals surface area contributed by atoms with Crippen LogP contribution in [0.25, 0.3) is 11.1 Å². The number of fused-ring (bicyclic) bond motifs is 15. The molecule has 0 unspecified atom stereocenters. The van der Waals surface area contributed by atoms with Crippen LogP contribution in [0.4, 0.5) is 0 Å². The molecule has 4 aliphatic carbocycles. The van der Waals surface area contributed by atoms with E-state index in [1.165, 1.54) is 45.2 Å². The van der Waals surface area contributed by atoms with Crippen LogP contribution in [0.5, 0.6) is 51.7 Å². The molecule has 4 saturated carbocycles. The number of hydrogen-bond acceptors (Lipinski definition) is 29. The van der Waals surface area contributed by atoms with Gasteiger partial charge in [0.05, 0.1) is 52.8 Å². The zero-order chi connectivity index (χ0) is 89.0. The Labute approximate surface area is 720 Å². The molecular formula is C84H98Cl2N10O27S. The van der Waals surface area contributed by atoms with E-state index >= 15 is 28.8 Å². The Morgan fingerprint density at radius 1 is 0.669 bits per heavy atom. The molecule has 124 heavy (non-hydrogen) atoms. The van der Waals surface area contributed by atoms with Crippen molar-refractivity contribution in [2.24, 2.45) is 35.3 Å². The van der Waals surface area contributed by atoms with Gasteiger partial charge in [0.2, 0.25) is 59.3 Å². The highest BCUT2D eigenvalue weighted by Crippen LogP contribution is 2.55. The van der Waals surface area contributed by atoms with Gasteiger partial charge >= 0.3 is 0 Å². The standard InChI is InChI=1S/C84H98Cl2N10O27S/c1-34(2)18-51(88-5)76(108)94-67-69(103)39-7-14-55(49(85)25-39)119-57-27-43-28-58(73(57)123-83-74(72(106)71(105)59(33-98)121-83)122-61-32-84(4,87)75(107)35(3)118-61)120-56-15-8-40(26-50(56)86)70(104)68-82(114)93-66(80(112)90-63-41-20-36-19-37(22-41)23-42(63)21-36)48-29-44(99)30-54(101)62(48)47-24-38(6-13-53(47)100)64(78(110)95-68)92-79(111)65(43)91-77(109)52(89-81(67)113)31-60(102)96-124(115,116)46-11-9-45(10-12-46)117-17-16-97/h6-15,24-30,34-37,41-42,51-52,59,61,63-72,74-75,83,88,97-101,103-107H,16-23,31-33,87H2,1-5H3,(H,89,113)(H,90,112)(H,91,109)(H,92,111)(H,93,114)(H,94,108)(H,95,110)(H,96,102)/t35-,36?,37?,41?,42?,51+,52-,59+,61-,63?,64+,65+,66-,67+,68-,69+,70+,71+,72-,74+,75+,83-,84-/m0/s1. The third-order valence-corrected chi connectivity index (χ3v) is 26.0. The average molecular weight is 1780 g/mol. The summed E-state index contributed by atoms with van der Waals surface area (Å²) < 4.78 is 74.5. The average Bonchev–Trinajstić information content (AvgIpc) is 0.757. The summed E-state index contributed by atoms with van der Waals surface area (Å²) in [5, 5.41) is 136. The van der Waals surface area contributed by atoms with E-state index in [4.69, 9.17) is 62.1 Å². The van der Waals surface area contributed by atoms with Crippen molar-refractivity contribution in [1.82, 2.24) is 47.3 Å². The summed E-state index contributed by atoms with van der Waals surface area (Å²) in [5.41, 5.74) is 2.64. The van der Waals surface area contributed by atoms with Crippen LogP contribution in [0.2, 0.25) is 10.0 Å². The molecule has 7 heterocycles. The minimum absolute atomic E-state index is 0.0406. The highest BCUT2D eigenvalue weighted by atomic mass is 35.5. The van der Waals surface area contributed by atoms with Gasteiger partial charge in [0, 0.05) is 35.2 Å². The maximum atomic E-state index is 16.6. The summed E-state index contributed by atoms with van der Waals surface area (Å²) in [7, 11) is -3.51. The van der Waals surface area contributed by atoms with Gasteiger partial charge in [-0.1, -0.05) is 55.2 Å². The van der Waals surface area contributed by atoms with E-state index in [0.717, 1.165) is 111 Å². The third-order valence-electron chi connectivity index (χ3n) is 24.0. The zero-order valence-corrected chi connectivity index (χ0v) is 69.9. The van der Waals surface area contributed by atoms with E-state index in [9.17, 15) is 69.1 Å². The van der Waals surface area contributed by atoms with Crippen LogP contribution in [-0.4, -0.2) is 219 Å². The lowest BCUT2D eigenvalue weighted by atomic mass is 9.54. The number of amides is 8. The molecule has 8 amide bonds. The smallest absolute Gasteiger partial charge is 0.264 e. The Hall–Kier alpha value is -10.3. The minimum atomic E-state index is -4.96. The third kappa shape index (κ3) is 19.0. The molecule has 18 atom stereocenters. The fourth-order valence-corrected chi connectivity index (χ4v) is 19.5. The number of aliphatic hydroxyl groups excluding tert-OH is 7. The molecule has 6 aromatic carbocycles. The predicted octanol–water partition coefficient (Wildman–Crippen LogP) is 2.35. The monoisotopic (exact) mass is 1780 g/mol. The summed E-state index contributed by atoms with van der Waals surface area (Å²) in [6.45, 7) is 4.99. The minimum Gasteiger partial charge on any atom is -0.508 e. The first-order valence-electron chi connectivity index (χ1n) is 40.5. The number of carbonyl (C=O) groups excluding carboxylic acids is 8. The molecule has 17 rings (SSSR count). The second-order valence-electron chi connectivity index (χ2n) is 33.4. The van der Waals surface area contributed by atoms with Gasteiger partial charge in [0.15, 0.2) is 23.9 Å². The van der Waals surface area contributed by atoms with Crippen LogP contribution in [0.1, 0.15) is 137 Å². The second-order valence-corrected chi connectivity index (χ2v) is 35.9. The number of halogens is 2. The SMILES string of the molecule is CN[C@H](CC(C)C)C(=O)N[C@H]1C(=O)N[C@@H](CC(=O)NS(=O)(=O)c2ccc(OCCO)cc2)C(=O)N[C@H]2C(=O)N[C@H]3C(=O)N[C@H](C(=O)N[C@H](C(=O)NC4C5CC6CC(C5)CC4C6)c4cc(O)cc(O)c4-c4cc3ccc4O)[C@H](O)c3ccc(c(Cl)c3)Oc3cc2cc(c3O[C@@H]2O[C@H](CO)[C@@H](O)[C@H](O)[C@H]2O[C@H]2C[C@](C)(N)[C@H](O)[C@H](C)O2)Oc2ccc(cc2Cl)[C@H]1O. The van der Waals surface area contributed by atoms with Gasteiger partial charge in [-0.05, 0) is 196 Å². The topological polar surface area (TPSA) is 572 Å². The van der Waals surface area contributed by atoms with E-state index in [0.29, 0.717) is 11.8 Å². The van der Waals surface area contributed by atoms with Gasteiger partial charge in [-0.15, -0.1) is 0 Å². The molecule has 37 nitrogen and oxygen atoms in total. The first-order chi connectivity index (χ1) is 58.9. The van der Waals surface area contributed by atoms with Gasteiger partial charge in [0.1, 0.15) is 108 Å². The van der Waals surface area contributed by atoms with Crippen molar-refractivity contribution < 1.29 is 131 Å². The largest absolute Gasteiger partial charge is 0.508 e. The summed E-state index contributed by atoms with van der Waals surface area (Å²) in [5.74, 6) is -14.6. The number of aliphatic hydroxyl groups is 7.